The Hall–Kier alpha value is -3.02. The van der Waals surface area contributed by atoms with E-state index in [1.807, 2.05) is 0 Å². The number of anilines is 2. The van der Waals surface area contributed by atoms with Gasteiger partial charge in [-0.3, -0.25) is 9.44 Å². The molecule has 0 atom stereocenters. The molecular weight excluding hydrogens is 451 g/mol. The molecule has 0 spiro atoms. The Morgan fingerprint density at radius 2 is 0.727 bits per heavy atom. The van der Waals surface area contributed by atoms with Crippen LogP contribution in [0.25, 0.3) is 11.1 Å². The second-order valence-electron chi connectivity index (χ2n) is 6.99. The smallest absolute Gasteiger partial charge is 0.261 e. The van der Waals surface area contributed by atoms with E-state index in [1.165, 1.54) is 24.3 Å². The van der Waals surface area contributed by atoms with Gasteiger partial charge in [0.15, 0.2) is 0 Å². The van der Waals surface area contributed by atoms with Gasteiger partial charge < -0.3 is 0 Å². The predicted molar refractivity (Wildman–Crippen MR) is 132 cm³/mol. The van der Waals surface area contributed by atoms with E-state index in [0.717, 1.165) is 11.1 Å². The van der Waals surface area contributed by atoms with Crippen molar-refractivity contribution in [1.29, 1.82) is 0 Å². The van der Waals surface area contributed by atoms with Crippen LogP contribution < -0.4 is 9.44 Å². The van der Waals surface area contributed by atoms with Gasteiger partial charge in [0.05, 0.1) is 9.79 Å². The minimum atomic E-state index is -3.65. The van der Waals surface area contributed by atoms with Crippen molar-refractivity contribution in [3.8, 4) is 11.1 Å². The molecule has 4 aromatic rings. The molecule has 0 aliphatic rings. The first-order valence-electron chi connectivity index (χ1n) is 9.70. The van der Waals surface area contributed by atoms with E-state index in [9.17, 15) is 16.8 Å². The Kier molecular flexibility index (Phi) is 7.67. The molecule has 0 bridgehead atoms. The molecule has 0 saturated carbocycles. The summed E-state index contributed by atoms with van der Waals surface area (Å²) in [5.41, 5.74) is 2.63. The van der Waals surface area contributed by atoms with Gasteiger partial charge in [0.2, 0.25) is 0 Å². The maximum absolute atomic E-state index is 12.4. The summed E-state index contributed by atoms with van der Waals surface area (Å²) >= 11 is 0. The van der Waals surface area contributed by atoms with Crippen LogP contribution in [0.2, 0.25) is 0 Å². The van der Waals surface area contributed by atoms with Gasteiger partial charge in [-0.05, 0) is 59.7 Å². The number of nitrogens with one attached hydrogen (secondary N) is 2. The molecule has 1 radical (unpaired) electrons. The minimum Gasteiger partial charge on any atom is -0.280 e. The van der Waals surface area contributed by atoms with E-state index in [1.54, 1.807) is 84.9 Å². The van der Waals surface area contributed by atoms with Gasteiger partial charge in [-0.1, -0.05) is 60.7 Å². The first-order chi connectivity index (χ1) is 15.3. The molecule has 0 heterocycles. The first-order valence-corrected chi connectivity index (χ1v) is 12.7. The summed E-state index contributed by atoms with van der Waals surface area (Å²) < 4.78 is 54.9. The third kappa shape index (κ3) is 6.06. The fourth-order valence-corrected chi connectivity index (χ4v) is 5.25. The molecule has 4 aromatic carbocycles. The third-order valence-corrected chi connectivity index (χ3v) is 7.51. The van der Waals surface area contributed by atoms with Crippen LogP contribution in [0.4, 0.5) is 11.4 Å². The quantitative estimate of drug-likeness (QED) is 0.386. The van der Waals surface area contributed by atoms with Gasteiger partial charge >= 0.3 is 0 Å². The molecule has 6 nitrogen and oxygen atoms in total. The van der Waals surface area contributed by atoms with E-state index in [-0.39, 0.29) is 28.7 Å². The molecule has 0 aliphatic carbocycles. The Morgan fingerprint density at radius 1 is 0.424 bits per heavy atom. The number of rotatable bonds is 7. The van der Waals surface area contributed by atoms with Crippen LogP contribution in [0.5, 0.6) is 0 Å². The third-order valence-electron chi connectivity index (χ3n) is 4.71. The molecule has 33 heavy (non-hydrogen) atoms. The Labute approximate surface area is 206 Å². The molecule has 163 valence electrons. The van der Waals surface area contributed by atoms with Crippen LogP contribution in [0, 0.1) is 0 Å². The van der Waals surface area contributed by atoms with Crippen molar-refractivity contribution in [2.75, 3.05) is 9.44 Å². The Balaban J connectivity index is 0.00000306. The van der Waals surface area contributed by atoms with Gasteiger partial charge in [0, 0.05) is 30.2 Å². The molecule has 4 rings (SSSR count). The Bertz CT molecular complexity index is 1300. The number of sulfonamides is 2. The van der Waals surface area contributed by atoms with Gasteiger partial charge in [-0.2, -0.15) is 0 Å². The van der Waals surface area contributed by atoms with Crippen molar-refractivity contribution in [1.82, 2.24) is 0 Å². The second-order valence-corrected chi connectivity index (χ2v) is 10.4. The largest absolute Gasteiger partial charge is 0.280 e. The summed E-state index contributed by atoms with van der Waals surface area (Å²) in [6.45, 7) is 0. The monoisotopic (exact) mass is 471 g/mol. The van der Waals surface area contributed by atoms with Crippen molar-refractivity contribution in [3.63, 3.8) is 0 Å². The Morgan fingerprint density at radius 3 is 1.03 bits per heavy atom. The number of benzene rings is 4. The first kappa shape index (κ1) is 24.6. The van der Waals surface area contributed by atoms with Crippen molar-refractivity contribution in [2.45, 2.75) is 9.79 Å². The average Bonchev–Trinajstić information content (AvgIpc) is 2.81. The second kappa shape index (κ2) is 10.3. The van der Waals surface area contributed by atoms with E-state index in [0.29, 0.717) is 11.4 Å². The summed E-state index contributed by atoms with van der Waals surface area (Å²) in [5, 5.41) is 0. The van der Waals surface area contributed by atoms with E-state index < -0.39 is 20.0 Å². The average molecular weight is 472 g/mol. The van der Waals surface area contributed by atoms with Gasteiger partial charge in [0.1, 0.15) is 0 Å². The van der Waals surface area contributed by atoms with Crippen LogP contribution in [-0.2, 0) is 20.0 Å². The molecule has 0 saturated heterocycles. The maximum atomic E-state index is 12.4. The van der Waals surface area contributed by atoms with Crippen molar-refractivity contribution < 1.29 is 16.8 Å². The molecule has 0 aromatic heterocycles. The summed E-state index contributed by atoms with van der Waals surface area (Å²) in [7, 11) is -7.30. The van der Waals surface area contributed by atoms with E-state index in [2.05, 4.69) is 9.44 Å². The van der Waals surface area contributed by atoms with Crippen LogP contribution in [0.3, 0.4) is 0 Å². The van der Waals surface area contributed by atoms with Crippen molar-refractivity contribution in [2.24, 2.45) is 0 Å². The van der Waals surface area contributed by atoms with Crippen LogP contribution in [0.1, 0.15) is 0 Å². The zero-order chi connectivity index (χ0) is 22.6. The summed E-state index contributed by atoms with van der Waals surface area (Å²) in [4.78, 5) is 0.384. The minimum absolute atomic E-state index is 0. The zero-order valence-electron chi connectivity index (χ0n) is 17.8. The van der Waals surface area contributed by atoms with Crippen molar-refractivity contribution >= 4 is 50.3 Å². The number of hydrogen-bond donors (Lipinski definition) is 2. The topological polar surface area (TPSA) is 92.3 Å². The van der Waals surface area contributed by atoms with E-state index >= 15 is 0 Å². The van der Waals surface area contributed by atoms with Crippen LogP contribution in [-0.4, -0.2) is 35.7 Å². The predicted octanol–water partition coefficient (Wildman–Crippen LogP) is 4.57. The number of hydrogen-bond acceptors (Lipinski definition) is 4. The standard InChI is InChI=1S/C24H20N2O4S2.Li/c27-31(28,23-7-3-1-4-8-23)25-21-15-11-19(12-16-21)20-13-17-22(18-14-20)26-32(29,30)24-9-5-2-6-10-24;/h1-18,25-26H;. The summed E-state index contributed by atoms with van der Waals surface area (Å²) in [5.74, 6) is 0. The normalized spacial score (nSPS) is 11.3. The molecule has 0 unspecified atom stereocenters. The van der Waals surface area contributed by atoms with Gasteiger partial charge in [-0.25, -0.2) is 16.8 Å². The summed E-state index contributed by atoms with van der Waals surface area (Å²) in [6.07, 6.45) is 0. The fraction of sp³-hybridized carbons (Fsp3) is 0. The molecular formula is C24H20LiN2O4S2. The van der Waals surface area contributed by atoms with Crippen LogP contribution >= 0.6 is 0 Å². The van der Waals surface area contributed by atoms with Gasteiger partial charge in [0.25, 0.3) is 20.0 Å². The molecule has 0 aliphatic heterocycles. The van der Waals surface area contributed by atoms with Crippen molar-refractivity contribution in [3.05, 3.63) is 109 Å². The zero-order valence-corrected chi connectivity index (χ0v) is 19.5. The molecule has 2 N–H and O–H groups in total. The SMILES string of the molecule is O=S(=O)(Nc1ccc(-c2ccc(NS(=O)(=O)c3ccccc3)cc2)cc1)c1ccccc1.[Li]. The summed E-state index contributed by atoms with van der Waals surface area (Å²) in [6, 6.07) is 30.2. The molecule has 0 fully saturated rings. The van der Waals surface area contributed by atoms with Crippen LogP contribution in [0.15, 0.2) is 119 Å². The molecule has 9 heteroatoms. The fourth-order valence-electron chi connectivity index (χ4n) is 3.09. The molecule has 0 amide bonds. The van der Waals surface area contributed by atoms with Gasteiger partial charge in [-0.15, -0.1) is 0 Å². The van der Waals surface area contributed by atoms with E-state index in [4.69, 9.17) is 0 Å². The maximum Gasteiger partial charge on any atom is 0.261 e.